The van der Waals surface area contributed by atoms with Crippen molar-refractivity contribution in [3.63, 3.8) is 0 Å². The van der Waals surface area contributed by atoms with E-state index in [2.05, 4.69) is 5.32 Å². The first-order chi connectivity index (χ1) is 14.2. The number of carboxylic acid groups (broad SMARTS) is 2. The van der Waals surface area contributed by atoms with Crippen molar-refractivity contribution in [1.29, 1.82) is 0 Å². The van der Waals surface area contributed by atoms with Crippen LogP contribution in [0.1, 0.15) is 19.4 Å². The maximum absolute atomic E-state index is 12.5. The van der Waals surface area contributed by atoms with Crippen LogP contribution in [0.2, 0.25) is 0 Å². The normalized spacial score (nSPS) is 12.8. The van der Waals surface area contributed by atoms with Gasteiger partial charge in [0.2, 0.25) is 0 Å². The molecule has 0 radical (unpaired) electrons. The number of carbonyl (C=O) groups excluding carboxylic acids is 1. The molecule has 160 valence electrons. The Kier molecular flexibility index (Phi) is 7.94. The fourth-order valence-corrected chi connectivity index (χ4v) is 2.92. The van der Waals surface area contributed by atoms with Crippen molar-refractivity contribution in [3.05, 3.63) is 60.2 Å². The van der Waals surface area contributed by atoms with Crippen LogP contribution in [0, 0.1) is 0 Å². The molecule has 30 heavy (non-hydrogen) atoms. The van der Waals surface area contributed by atoms with E-state index in [1.807, 2.05) is 42.5 Å². The fraction of sp³-hybridized carbons (Fsp3) is 0.318. The molecule has 0 spiro atoms. The number of carboxylic acids is 2. The van der Waals surface area contributed by atoms with Gasteiger partial charge in [0.05, 0.1) is 6.54 Å². The van der Waals surface area contributed by atoms with E-state index >= 15 is 0 Å². The molecule has 0 heterocycles. The lowest BCUT2D eigenvalue weighted by atomic mass is 10.0. The topological polar surface area (TPSA) is 127 Å². The standard InChI is InChI=1S/C22H26N2O6/c1-14(2)24(13-19(25)21(28)29)22(30)23-18(20(26)27)12-15-8-10-17(11-9-15)16-6-4-3-5-7-16/h3-11,14,18-19,25H,12-13H2,1-2H3,(H,23,30)(H,26,27)(H,28,29)/t18-,19-/m0/s1. The molecule has 0 aromatic heterocycles. The van der Waals surface area contributed by atoms with Crippen LogP contribution in [0.5, 0.6) is 0 Å². The highest BCUT2D eigenvalue weighted by Crippen LogP contribution is 2.19. The molecule has 0 unspecified atom stereocenters. The molecule has 2 atom stereocenters. The number of hydrogen-bond donors (Lipinski definition) is 4. The minimum absolute atomic E-state index is 0.0591. The van der Waals surface area contributed by atoms with Crippen LogP contribution >= 0.6 is 0 Å². The van der Waals surface area contributed by atoms with Crippen molar-refractivity contribution in [3.8, 4) is 11.1 Å². The fourth-order valence-electron chi connectivity index (χ4n) is 2.92. The molecule has 0 aliphatic heterocycles. The third kappa shape index (κ3) is 6.31. The third-order valence-electron chi connectivity index (χ3n) is 4.64. The predicted molar refractivity (Wildman–Crippen MR) is 111 cm³/mol. The van der Waals surface area contributed by atoms with Crippen molar-refractivity contribution in [2.45, 2.75) is 38.5 Å². The summed E-state index contributed by atoms with van der Waals surface area (Å²) in [7, 11) is 0. The Morgan fingerprint density at radius 1 is 0.900 bits per heavy atom. The Morgan fingerprint density at radius 3 is 1.97 bits per heavy atom. The Bertz CT molecular complexity index is 867. The Balaban J connectivity index is 2.09. The molecule has 0 aliphatic carbocycles. The van der Waals surface area contributed by atoms with Crippen molar-refractivity contribution in [1.82, 2.24) is 10.2 Å². The lowest BCUT2D eigenvalue weighted by Crippen LogP contribution is -2.53. The van der Waals surface area contributed by atoms with Gasteiger partial charge in [0.25, 0.3) is 0 Å². The van der Waals surface area contributed by atoms with Crippen LogP contribution in [-0.2, 0) is 16.0 Å². The van der Waals surface area contributed by atoms with Gasteiger partial charge in [-0.2, -0.15) is 0 Å². The number of hydrogen-bond acceptors (Lipinski definition) is 4. The summed E-state index contributed by atoms with van der Waals surface area (Å²) in [6, 6.07) is 14.7. The van der Waals surface area contributed by atoms with E-state index in [1.165, 1.54) is 0 Å². The maximum Gasteiger partial charge on any atom is 0.334 e. The van der Waals surface area contributed by atoms with E-state index < -0.39 is 42.7 Å². The molecule has 0 bridgehead atoms. The number of carbonyl (C=O) groups is 3. The van der Waals surface area contributed by atoms with Gasteiger partial charge in [-0.05, 0) is 30.5 Å². The third-order valence-corrected chi connectivity index (χ3v) is 4.64. The summed E-state index contributed by atoms with van der Waals surface area (Å²) in [4.78, 5) is 36.2. The molecular formula is C22H26N2O6. The van der Waals surface area contributed by atoms with Gasteiger partial charge in [-0.1, -0.05) is 54.6 Å². The Labute approximate surface area is 174 Å². The zero-order chi connectivity index (χ0) is 22.3. The predicted octanol–water partition coefficient (Wildman–Crippen LogP) is 2.21. The van der Waals surface area contributed by atoms with Crippen LogP contribution in [0.3, 0.4) is 0 Å². The SMILES string of the molecule is CC(C)N(C[C@H](O)C(=O)O)C(=O)N[C@@H](Cc1ccc(-c2ccccc2)cc1)C(=O)O. The van der Waals surface area contributed by atoms with Gasteiger partial charge < -0.3 is 25.5 Å². The van der Waals surface area contributed by atoms with Gasteiger partial charge in [-0.15, -0.1) is 0 Å². The molecule has 2 rings (SSSR count). The molecule has 2 aromatic carbocycles. The number of rotatable bonds is 9. The zero-order valence-corrected chi connectivity index (χ0v) is 16.9. The molecule has 8 nitrogen and oxygen atoms in total. The minimum atomic E-state index is -1.76. The summed E-state index contributed by atoms with van der Waals surface area (Å²) >= 11 is 0. The second kappa shape index (κ2) is 10.4. The van der Waals surface area contributed by atoms with E-state index in [1.54, 1.807) is 26.0 Å². The maximum atomic E-state index is 12.5. The zero-order valence-electron chi connectivity index (χ0n) is 16.9. The highest BCUT2D eigenvalue weighted by Gasteiger charge is 2.28. The quantitative estimate of drug-likeness (QED) is 0.498. The second-order valence-electron chi connectivity index (χ2n) is 7.21. The monoisotopic (exact) mass is 414 g/mol. The van der Waals surface area contributed by atoms with Crippen LogP contribution in [0.15, 0.2) is 54.6 Å². The minimum Gasteiger partial charge on any atom is -0.480 e. The lowest BCUT2D eigenvalue weighted by Gasteiger charge is -2.29. The van der Waals surface area contributed by atoms with Gasteiger partial charge in [0, 0.05) is 12.5 Å². The lowest BCUT2D eigenvalue weighted by molar-refractivity contribution is -0.147. The molecule has 0 aliphatic rings. The molecule has 0 saturated carbocycles. The van der Waals surface area contributed by atoms with Crippen LogP contribution < -0.4 is 5.32 Å². The number of aliphatic hydroxyl groups excluding tert-OH is 1. The summed E-state index contributed by atoms with van der Waals surface area (Å²) in [6.45, 7) is 2.84. The van der Waals surface area contributed by atoms with Gasteiger partial charge >= 0.3 is 18.0 Å². The smallest absolute Gasteiger partial charge is 0.334 e. The summed E-state index contributed by atoms with van der Waals surface area (Å²) in [5.74, 6) is -2.67. The first-order valence-electron chi connectivity index (χ1n) is 9.54. The van der Waals surface area contributed by atoms with E-state index in [9.17, 15) is 24.6 Å². The summed E-state index contributed by atoms with van der Waals surface area (Å²) < 4.78 is 0. The van der Waals surface area contributed by atoms with E-state index in [-0.39, 0.29) is 6.42 Å². The Hall–Kier alpha value is -3.39. The van der Waals surface area contributed by atoms with Gasteiger partial charge in [-0.25, -0.2) is 14.4 Å². The summed E-state index contributed by atoms with van der Waals surface area (Å²) in [6.07, 6.45) is -1.70. The average molecular weight is 414 g/mol. The number of urea groups is 1. The average Bonchev–Trinajstić information content (AvgIpc) is 2.71. The number of nitrogens with zero attached hydrogens (tertiary/aromatic N) is 1. The summed E-state index contributed by atoms with van der Waals surface area (Å²) in [5.41, 5.74) is 2.75. The molecule has 2 aromatic rings. The molecule has 0 saturated heterocycles. The second-order valence-corrected chi connectivity index (χ2v) is 7.21. The first-order valence-corrected chi connectivity index (χ1v) is 9.54. The number of aliphatic carboxylic acids is 2. The van der Waals surface area contributed by atoms with E-state index in [0.29, 0.717) is 0 Å². The molecular weight excluding hydrogens is 388 g/mol. The van der Waals surface area contributed by atoms with Gasteiger partial charge in [-0.3, -0.25) is 0 Å². The van der Waals surface area contributed by atoms with Gasteiger partial charge in [0.15, 0.2) is 6.10 Å². The van der Waals surface area contributed by atoms with E-state index in [0.717, 1.165) is 21.6 Å². The van der Waals surface area contributed by atoms with E-state index in [4.69, 9.17) is 5.11 Å². The first kappa shape index (κ1) is 22.9. The Morgan fingerprint density at radius 2 is 1.47 bits per heavy atom. The number of benzene rings is 2. The largest absolute Gasteiger partial charge is 0.480 e. The molecule has 8 heteroatoms. The molecule has 2 amide bonds. The van der Waals surface area contributed by atoms with Crippen LogP contribution in [0.25, 0.3) is 11.1 Å². The number of aliphatic hydroxyl groups is 1. The highest BCUT2D eigenvalue weighted by molar-refractivity contribution is 5.83. The number of nitrogens with one attached hydrogen (secondary N) is 1. The number of amides is 2. The van der Waals surface area contributed by atoms with Crippen molar-refractivity contribution in [2.75, 3.05) is 6.54 Å². The van der Waals surface area contributed by atoms with Crippen LogP contribution in [-0.4, -0.2) is 62.9 Å². The van der Waals surface area contributed by atoms with Crippen molar-refractivity contribution < 1.29 is 29.7 Å². The highest BCUT2D eigenvalue weighted by atomic mass is 16.4. The van der Waals surface area contributed by atoms with Crippen LogP contribution in [0.4, 0.5) is 4.79 Å². The summed E-state index contributed by atoms with van der Waals surface area (Å²) in [5, 5.41) is 30.4. The molecule has 0 fully saturated rings. The van der Waals surface area contributed by atoms with Crippen molar-refractivity contribution in [2.24, 2.45) is 0 Å². The van der Waals surface area contributed by atoms with Gasteiger partial charge in [0.1, 0.15) is 6.04 Å². The van der Waals surface area contributed by atoms with Crippen molar-refractivity contribution >= 4 is 18.0 Å². The molecule has 4 N–H and O–H groups in total.